The number of hydrogen-bond donors (Lipinski definition) is 0. The van der Waals surface area contributed by atoms with E-state index in [1.54, 1.807) is 0 Å². The highest BCUT2D eigenvalue weighted by molar-refractivity contribution is 5.47. The van der Waals surface area contributed by atoms with Crippen LogP contribution in [0.4, 0.5) is 0 Å². The lowest BCUT2D eigenvalue weighted by Crippen LogP contribution is -2.34. The molecule has 3 nitrogen and oxygen atoms in total. The number of hydrogen-bond acceptors (Lipinski definition) is 3. The van der Waals surface area contributed by atoms with Crippen molar-refractivity contribution in [2.75, 3.05) is 39.3 Å². The van der Waals surface area contributed by atoms with Crippen LogP contribution in [0.5, 0.6) is 5.75 Å². The molecule has 3 heterocycles. The quantitative estimate of drug-likeness (QED) is 0.589. The summed E-state index contributed by atoms with van der Waals surface area (Å²) >= 11 is 0. The SMILES string of the molecule is Cc1cccc([C@H]2CN3CCC[C@@H]3c3cc(OCCCN4CCCCC4)ccc32)c1. The van der Waals surface area contributed by atoms with Crippen LogP contribution in [0.3, 0.4) is 0 Å². The Labute approximate surface area is 182 Å². The maximum atomic E-state index is 6.23. The summed E-state index contributed by atoms with van der Waals surface area (Å²) < 4.78 is 6.23. The molecule has 30 heavy (non-hydrogen) atoms. The minimum Gasteiger partial charge on any atom is -0.494 e. The molecule has 2 atom stereocenters. The van der Waals surface area contributed by atoms with Gasteiger partial charge >= 0.3 is 0 Å². The van der Waals surface area contributed by atoms with Crippen molar-refractivity contribution in [2.24, 2.45) is 0 Å². The zero-order chi connectivity index (χ0) is 20.3. The Hall–Kier alpha value is -1.84. The van der Waals surface area contributed by atoms with E-state index in [9.17, 15) is 0 Å². The molecule has 5 rings (SSSR count). The number of likely N-dealkylation sites (tertiary alicyclic amines) is 1. The number of rotatable bonds is 6. The van der Waals surface area contributed by atoms with Crippen LogP contribution in [0.2, 0.25) is 0 Å². The minimum absolute atomic E-state index is 0.474. The molecule has 3 aliphatic heterocycles. The van der Waals surface area contributed by atoms with E-state index < -0.39 is 0 Å². The van der Waals surface area contributed by atoms with Gasteiger partial charge in [0.1, 0.15) is 5.75 Å². The summed E-state index contributed by atoms with van der Waals surface area (Å²) in [6.45, 7) is 9.13. The van der Waals surface area contributed by atoms with Gasteiger partial charge in [0.05, 0.1) is 6.61 Å². The number of piperidine rings is 1. The predicted molar refractivity (Wildman–Crippen MR) is 123 cm³/mol. The summed E-state index contributed by atoms with van der Waals surface area (Å²) in [4.78, 5) is 5.30. The fraction of sp³-hybridized carbons (Fsp3) is 0.556. The average molecular weight is 405 g/mol. The zero-order valence-corrected chi connectivity index (χ0v) is 18.5. The van der Waals surface area contributed by atoms with Crippen LogP contribution in [0.15, 0.2) is 42.5 Å². The largest absolute Gasteiger partial charge is 0.494 e. The maximum Gasteiger partial charge on any atom is 0.119 e. The number of fused-ring (bicyclic) bond motifs is 3. The fourth-order valence-corrected chi connectivity index (χ4v) is 5.81. The predicted octanol–water partition coefficient (Wildman–Crippen LogP) is 5.53. The van der Waals surface area contributed by atoms with Gasteiger partial charge in [-0.05, 0) is 87.5 Å². The van der Waals surface area contributed by atoms with Crippen molar-refractivity contribution in [1.29, 1.82) is 0 Å². The second-order valence-electron chi connectivity index (χ2n) is 9.51. The van der Waals surface area contributed by atoms with Crippen molar-refractivity contribution >= 4 is 0 Å². The molecule has 0 aromatic heterocycles. The first-order valence-electron chi connectivity index (χ1n) is 12.1. The standard InChI is InChI=1S/C27H36N2O/c1-21-8-5-9-22(18-21)26-20-29-16-6-10-27(29)25-19-23(11-12-24(25)26)30-17-7-15-28-13-3-2-4-14-28/h5,8-9,11-12,18-19,26-27H,2-4,6-7,10,13-17,20H2,1H3/t26-,27-/m1/s1. The summed E-state index contributed by atoms with van der Waals surface area (Å²) in [7, 11) is 0. The molecule has 2 fully saturated rings. The third kappa shape index (κ3) is 4.29. The molecule has 0 N–H and O–H groups in total. The molecule has 0 radical (unpaired) electrons. The van der Waals surface area contributed by atoms with Gasteiger partial charge in [-0.1, -0.05) is 42.3 Å². The van der Waals surface area contributed by atoms with Gasteiger partial charge in [0.25, 0.3) is 0 Å². The molecule has 3 aliphatic rings. The van der Waals surface area contributed by atoms with Crippen molar-refractivity contribution in [3.63, 3.8) is 0 Å². The van der Waals surface area contributed by atoms with Crippen molar-refractivity contribution in [2.45, 2.75) is 57.4 Å². The monoisotopic (exact) mass is 404 g/mol. The Balaban J connectivity index is 1.30. The normalized spacial score (nSPS) is 24.4. The Bertz CT molecular complexity index is 858. The number of benzene rings is 2. The number of nitrogens with zero attached hydrogens (tertiary/aromatic N) is 2. The summed E-state index contributed by atoms with van der Waals surface area (Å²) in [6.07, 6.45) is 7.86. The van der Waals surface area contributed by atoms with Gasteiger partial charge in [0, 0.05) is 25.0 Å². The third-order valence-corrected chi connectivity index (χ3v) is 7.35. The molecule has 2 saturated heterocycles. The molecule has 0 amide bonds. The third-order valence-electron chi connectivity index (χ3n) is 7.35. The molecule has 160 valence electrons. The molecule has 2 aromatic rings. The van der Waals surface area contributed by atoms with Crippen LogP contribution in [0.1, 0.15) is 72.7 Å². The van der Waals surface area contributed by atoms with Crippen molar-refractivity contribution in [3.05, 3.63) is 64.7 Å². The van der Waals surface area contributed by atoms with Gasteiger partial charge < -0.3 is 9.64 Å². The highest BCUT2D eigenvalue weighted by Crippen LogP contribution is 2.45. The summed E-state index contributed by atoms with van der Waals surface area (Å²) in [5.41, 5.74) is 5.84. The van der Waals surface area contributed by atoms with E-state index >= 15 is 0 Å². The lowest BCUT2D eigenvalue weighted by molar-refractivity contribution is 0.204. The topological polar surface area (TPSA) is 15.7 Å². The second kappa shape index (κ2) is 9.11. The highest BCUT2D eigenvalue weighted by Gasteiger charge is 2.36. The summed E-state index contributed by atoms with van der Waals surface area (Å²) in [6, 6.07) is 16.6. The van der Waals surface area contributed by atoms with Crippen LogP contribution in [0, 0.1) is 6.92 Å². The van der Waals surface area contributed by atoms with E-state index in [-0.39, 0.29) is 0 Å². The maximum absolute atomic E-state index is 6.23. The average Bonchev–Trinajstić information content (AvgIpc) is 3.26. The molecule has 2 aromatic carbocycles. The molecule has 0 spiro atoms. The lowest BCUT2D eigenvalue weighted by atomic mass is 9.81. The molecule has 0 bridgehead atoms. The summed E-state index contributed by atoms with van der Waals surface area (Å²) in [5.74, 6) is 1.53. The lowest BCUT2D eigenvalue weighted by Gasteiger charge is -2.38. The van der Waals surface area contributed by atoms with E-state index in [0.717, 1.165) is 25.3 Å². The van der Waals surface area contributed by atoms with Gasteiger partial charge in [-0.2, -0.15) is 0 Å². The van der Waals surface area contributed by atoms with E-state index in [2.05, 4.69) is 59.2 Å². The molecule has 3 heteroatoms. The first kappa shape index (κ1) is 20.1. The van der Waals surface area contributed by atoms with Crippen molar-refractivity contribution < 1.29 is 4.74 Å². The highest BCUT2D eigenvalue weighted by atomic mass is 16.5. The second-order valence-corrected chi connectivity index (χ2v) is 9.51. The summed E-state index contributed by atoms with van der Waals surface area (Å²) in [5, 5.41) is 0. The smallest absolute Gasteiger partial charge is 0.119 e. The van der Waals surface area contributed by atoms with Gasteiger partial charge in [-0.3, -0.25) is 4.90 Å². The van der Waals surface area contributed by atoms with Gasteiger partial charge in [0.15, 0.2) is 0 Å². The molecule has 0 unspecified atom stereocenters. The minimum atomic E-state index is 0.474. The molecule has 0 aliphatic carbocycles. The van der Waals surface area contributed by atoms with Crippen LogP contribution < -0.4 is 4.74 Å². The van der Waals surface area contributed by atoms with Crippen LogP contribution in [-0.4, -0.2) is 49.1 Å². The van der Waals surface area contributed by atoms with E-state index in [1.165, 1.54) is 80.5 Å². The number of aryl methyl sites for hydroxylation is 1. The van der Waals surface area contributed by atoms with Gasteiger partial charge in [-0.15, -0.1) is 0 Å². The first-order valence-corrected chi connectivity index (χ1v) is 12.1. The molecule has 0 saturated carbocycles. The van der Waals surface area contributed by atoms with Crippen molar-refractivity contribution in [1.82, 2.24) is 9.80 Å². The molecular formula is C27H36N2O. The van der Waals surface area contributed by atoms with E-state index in [0.29, 0.717) is 12.0 Å². The van der Waals surface area contributed by atoms with Crippen LogP contribution >= 0.6 is 0 Å². The van der Waals surface area contributed by atoms with E-state index in [1.807, 2.05) is 0 Å². The van der Waals surface area contributed by atoms with Gasteiger partial charge in [0.2, 0.25) is 0 Å². The van der Waals surface area contributed by atoms with E-state index in [4.69, 9.17) is 4.74 Å². The van der Waals surface area contributed by atoms with Gasteiger partial charge in [-0.25, -0.2) is 0 Å². The fourth-order valence-electron chi connectivity index (χ4n) is 5.81. The Kier molecular flexibility index (Phi) is 6.10. The Morgan fingerprint density at radius 2 is 1.83 bits per heavy atom. The van der Waals surface area contributed by atoms with Crippen LogP contribution in [0.25, 0.3) is 0 Å². The zero-order valence-electron chi connectivity index (χ0n) is 18.5. The Morgan fingerprint density at radius 1 is 0.933 bits per heavy atom. The van der Waals surface area contributed by atoms with Crippen molar-refractivity contribution in [3.8, 4) is 5.75 Å². The number of ether oxygens (including phenoxy) is 1. The van der Waals surface area contributed by atoms with Crippen LogP contribution in [-0.2, 0) is 0 Å². The molecular weight excluding hydrogens is 368 g/mol. The Morgan fingerprint density at radius 3 is 2.70 bits per heavy atom. The first-order chi connectivity index (χ1) is 14.8.